The average Bonchev–Trinajstić information content (AvgIpc) is 3.36. The quantitative estimate of drug-likeness (QED) is 0.504. The Morgan fingerprint density at radius 2 is 1.86 bits per heavy atom. The van der Waals surface area contributed by atoms with Crippen LogP contribution in [0.2, 0.25) is 0 Å². The number of piperidine rings is 1. The van der Waals surface area contributed by atoms with E-state index in [2.05, 4.69) is 34.2 Å². The summed E-state index contributed by atoms with van der Waals surface area (Å²) in [6, 6.07) is 13.5. The Kier molecular flexibility index (Phi) is 7.06. The smallest absolute Gasteiger partial charge is 0.241 e. The third-order valence-corrected chi connectivity index (χ3v) is 7.12. The van der Waals surface area contributed by atoms with E-state index in [9.17, 15) is 4.79 Å². The number of benzene rings is 2. The van der Waals surface area contributed by atoms with Gasteiger partial charge in [0.05, 0.1) is 26.8 Å². The SMILES string of the molecule is COc1ccc(-c2noc(CN3CCC(C(=O)NC4CC(C)(C)Oc5ccccc54)CC3)n2)cc1OC. The lowest BCUT2D eigenvalue weighted by molar-refractivity contribution is -0.127. The Balaban J connectivity index is 1.16. The highest BCUT2D eigenvalue weighted by Gasteiger charge is 2.36. The van der Waals surface area contributed by atoms with E-state index >= 15 is 0 Å². The van der Waals surface area contributed by atoms with Crippen molar-refractivity contribution in [2.75, 3.05) is 27.3 Å². The summed E-state index contributed by atoms with van der Waals surface area (Å²) in [5.41, 5.74) is 1.52. The zero-order valence-corrected chi connectivity index (χ0v) is 21.8. The van der Waals surface area contributed by atoms with Crippen LogP contribution in [0.15, 0.2) is 47.0 Å². The summed E-state index contributed by atoms with van der Waals surface area (Å²) in [5, 5.41) is 7.44. The number of nitrogens with one attached hydrogen (secondary N) is 1. The van der Waals surface area contributed by atoms with Crippen LogP contribution in [0.5, 0.6) is 17.2 Å². The number of hydrogen-bond donors (Lipinski definition) is 1. The molecule has 1 atom stereocenters. The first kappa shape index (κ1) is 25.1. The highest BCUT2D eigenvalue weighted by Crippen LogP contribution is 2.39. The number of nitrogens with zero attached hydrogens (tertiary/aromatic N) is 3. The lowest BCUT2D eigenvalue weighted by Crippen LogP contribution is -2.45. The molecule has 0 aliphatic carbocycles. The molecule has 9 nitrogen and oxygen atoms in total. The van der Waals surface area contributed by atoms with Gasteiger partial charge in [0.1, 0.15) is 11.4 Å². The molecule has 1 amide bonds. The molecule has 0 bridgehead atoms. The molecule has 0 saturated carbocycles. The Labute approximate surface area is 217 Å². The van der Waals surface area contributed by atoms with Crippen LogP contribution in [0.25, 0.3) is 11.4 Å². The minimum atomic E-state index is -0.324. The van der Waals surface area contributed by atoms with Crippen LogP contribution in [0.3, 0.4) is 0 Å². The van der Waals surface area contributed by atoms with Gasteiger partial charge >= 0.3 is 0 Å². The fourth-order valence-corrected chi connectivity index (χ4v) is 5.18. The Morgan fingerprint density at radius 3 is 2.62 bits per heavy atom. The van der Waals surface area contributed by atoms with Crippen molar-refractivity contribution < 1.29 is 23.5 Å². The van der Waals surface area contributed by atoms with Gasteiger partial charge in [-0.15, -0.1) is 0 Å². The molecule has 2 aliphatic rings. The maximum absolute atomic E-state index is 13.2. The van der Waals surface area contributed by atoms with Crippen LogP contribution in [0.1, 0.15) is 50.6 Å². The molecule has 3 heterocycles. The van der Waals surface area contributed by atoms with Crippen molar-refractivity contribution in [3.8, 4) is 28.6 Å². The van der Waals surface area contributed by atoms with E-state index < -0.39 is 0 Å². The van der Waals surface area contributed by atoms with Gasteiger partial charge in [0.25, 0.3) is 0 Å². The molecule has 1 aromatic heterocycles. The fourth-order valence-electron chi connectivity index (χ4n) is 5.18. The van der Waals surface area contributed by atoms with Crippen LogP contribution in [0.4, 0.5) is 0 Å². The Morgan fingerprint density at radius 1 is 1.11 bits per heavy atom. The standard InChI is InChI=1S/C28H34N4O5/c1-28(2)16-21(20-7-5-6-8-22(20)36-28)29-27(33)18-11-13-32(14-12-18)17-25-30-26(31-37-25)19-9-10-23(34-3)24(15-19)35-4/h5-10,15,18,21H,11-14,16-17H2,1-4H3,(H,29,33). The van der Waals surface area contributed by atoms with E-state index in [1.165, 1.54) is 0 Å². The number of ether oxygens (including phenoxy) is 3. The molecule has 5 rings (SSSR count). The molecule has 2 aromatic carbocycles. The summed E-state index contributed by atoms with van der Waals surface area (Å²) in [7, 11) is 3.19. The van der Waals surface area contributed by atoms with Crippen molar-refractivity contribution in [1.82, 2.24) is 20.4 Å². The van der Waals surface area contributed by atoms with E-state index in [1.807, 2.05) is 42.5 Å². The normalized spacial score (nSPS) is 19.5. The van der Waals surface area contributed by atoms with Crippen LogP contribution in [-0.4, -0.2) is 53.9 Å². The monoisotopic (exact) mass is 506 g/mol. The summed E-state index contributed by atoms with van der Waals surface area (Å²) in [6.45, 7) is 6.27. The number of methoxy groups -OCH3 is 2. The van der Waals surface area contributed by atoms with Crippen LogP contribution < -0.4 is 19.5 Å². The molecule has 1 N–H and O–H groups in total. The largest absolute Gasteiger partial charge is 0.493 e. The molecule has 2 aliphatic heterocycles. The molecule has 1 saturated heterocycles. The minimum absolute atomic E-state index is 0.0145. The van der Waals surface area contributed by atoms with Gasteiger partial charge in [-0.2, -0.15) is 4.98 Å². The first-order valence-corrected chi connectivity index (χ1v) is 12.7. The second-order valence-corrected chi connectivity index (χ2v) is 10.3. The number of aromatic nitrogens is 2. The molecule has 196 valence electrons. The number of rotatable bonds is 7. The Bertz CT molecular complexity index is 1250. The number of fused-ring (bicyclic) bond motifs is 1. The second kappa shape index (κ2) is 10.4. The van der Waals surface area contributed by atoms with Crippen LogP contribution in [0, 0.1) is 5.92 Å². The van der Waals surface area contributed by atoms with Gasteiger partial charge in [-0.1, -0.05) is 23.4 Å². The van der Waals surface area contributed by atoms with E-state index in [0.717, 1.165) is 49.2 Å². The van der Waals surface area contributed by atoms with Gasteiger partial charge in [-0.3, -0.25) is 9.69 Å². The van der Waals surface area contributed by atoms with E-state index in [0.29, 0.717) is 29.8 Å². The zero-order chi connectivity index (χ0) is 26.0. The predicted octanol–water partition coefficient (Wildman–Crippen LogP) is 4.38. The number of hydrogen-bond acceptors (Lipinski definition) is 8. The summed E-state index contributed by atoms with van der Waals surface area (Å²) in [5.74, 6) is 3.26. The zero-order valence-electron chi connectivity index (χ0n) is 21.8. The van der Waals surface area contributed by atoms with Gasteiger partial charge in [0, 0.05) is 23.5 Å². The van der Waals surface area contributed by atoms with Crippen LogP contribution >= 0.6 is 0 Å². The highest BCUT2D eigenvalue weighted by molar-refractivity contribution is 5.79. The topological polar surface area (TPSA) is 99.0 Å². The molecule has 3 aromatic rings. The van der Waals surface area contributed by atoms with Crippen molar-refractivity contribution in [3.05, 3.63) is 53.9 Å². The van der Waals surface area contributed by atoms with E-state index in [4.69, 9.17) is 18.7 Å². The minimum Gasteiger partial charge on any atom is -0.493 e. The number of amides is 1. The third-order valence-electron chi connectivity index (χ3n) is 7.12. The lowest BCUT2D eigenvalue weighted by atomic mass is 9.88. The van der Waals surface area contributed by atoms with Crippen molar-refractivity contribution in [3.63, 3.8) is 0 Å². The summed E-state index contributed by atoms with van der Waals surface area (Å²) < 4.78 is 22.3. The number of carbonyl (C=O) groups is 1. The van der Waals surface area contributed by atoms with Gasteiger partial charge in [-0.25, -0.2) is 0 Å². The second-order valence-electron chi connectivity index (χ2n) is 10.3. The molecule has 1 fully saturated rings. The van der Waals surface area contributed by atoms with Crippen molar-refractivity contribution >= 4 is 5.91 Å². The van der Waals surface area contributed by atoms with Gasteiger partial charge in [0.2, 0.25) is 17.6 Å². The van der Waals surface area contributed by atoms with E-state index in [1.54, 1.807) is 14.2 Å². The molecule has 0 spiro atoms. The van der Waals surface area contributed by atoms with Crippen molar-refractivity contribution in [2.24, 2.45) is 5.92 Å². The maximum Gasteiger partial charge on any atom is 0.241 e. The summed E-state index contributed by atoms with van der Waals surface area (Å²) >= 11 is 0. The van der Waals surface area contributed by atoms with Crippen molar-refractivity contribution in [2.45, 2.75) is 51.3 Å². The first-order valence-electron chi connectivity index (χ1n) is 12.7. The van der Waals surface area contributed by atoms with Gasteiger partial charge in [0.15, 0.2) is 11.5 Å². The Hall–Kier alpha value is -3.59. The average molecular weight is 507 g/mol. The molecule has 9 heteroatoms. The lowest BCUT2D eigenvalue weighted by Gasteiger charge is -2.39. The maximum atomic E-state index is 13.2. The summed E-state index contributed by atoms with van der Waals surface area (Å²) in [6.07, 6.45) is 2.32. The van der Waals surface area contributed by atoms with Crippen LogP contribution in [-0.2, 0) is 11.3 Å². The molecule has 0 radical (unpaired) electrons. The third kappa shape index (κ3) is 5.56. The highest BCUT2D eigenvalue weighted by atomic mass is 16.5. The molecular formula is C28H34N4O5. The van der Waals surface area contributed by atoms with Gasteiger partial charge < -0.3 is 24.1 Å². The molecule has 37 heavy (non-hydrogen) atoms. The van der Waals surface area contributed by atoms with Gasteiger partial charge in [-0.05, 0) is 64.0 Å². The predicted molar refractivity (Wildman–Crippen MR) is 137 cm³/mol. The fraction of sp³-hybridized carbons (Fsp3) is 0.464. The number of para-hydroxylation sites is 1. The van der Waals surface area contributed by atoms with E-state index in [-0.39, 0.29) is 23.5 Å². The first-order chi connectivity index (χ1) is 17.8. The number of likely N-dealkylation sites (tertiary alicyclic amines) is 1. The summed E-state index contributed by atoms with van der Waals surface area (Å²) in [4.78, 5) is 20.0. The van der Waals surface area contributed by atoms with Crippen molar-refractivity contribution in [1.29, 1.82) is 0 Å². The number of carbonyl (C=O) groups excluding carboxylic acids is 1. The molecular weight excluding hydrogens is 472 g/mol. The molecule has 1 unspecified atom stereocenters.